The van der Waals surface area contributed by atoms with Gasteiger partial charge in [-0.15, -0.1) is 10.2 Å². The second-order valence-electron chi connectivity index (χ2n) is 21.0. The van der Waals surface area contributed by atoms with Gasteiger partial charge in [-0.2, -0.15) is 23.4 Å². The first-order chi connectivity index (χ1) is 38.6. The quantitative estimate of drug-likeness (QED) is 0.0769. The van der Waals surface area contributed by atoms with Crippen LogP contribution in [-0.4, -0.2) is 170 Å². The highest BCUT2D eigenvalue weighted by atomic mass is 19.4. The number of hydrogen-bond acceptors (Lipinski definition) is 15. The van der Waals surface area contributed by atoms with Crippen LogP contribution in [0.1, 0.15) is 58.7 Å². The molecule has 4 N–H and O–H groups in total. The fourth-order valence-electron chi connectivity index (χ4n) is 11.5. The SMILES string of the molecule is C=CC(=O)N1CCN(c2nc(NCCC(=O)N3CCC(CN4CCN(Cc5ccc(-n6c(C(=O)NCC(F)(F)F)nnc6-c6cc(C)c(O)cc6O)cc5)CC4)CC3)nc3c2CCN(c2cccc4ccccc24)C3)CC1CC#N. The number of hydrogen-bond donors (Lipinski definition) is 4. The third kappa shape index (κ3) is 12.4. The molecule has 0 bridgehead atoms. The van der Waals surface area contributed by atoms with Crippen molar-refractivity contribution in [2.75, 3.05) is 100 Å². The predicted octanol–water partition coefficient (Wildman–Crippen LogP) is 6.43. The first-order valence-electron chi connectivity index (χ1n) is 27.2. The molecule has 0 spiro atoms. The van der Waals surface area contributed by atoms with Gasteiger partial charge in [0, 0.05) is 120 Å². The van der Waals surface area contributed by atoms with Crippen molar-refractivity contribution in [1.29, 1.82) is 5.26 Å². The van der Waals surface area contributed by atoms with E-state index in [-0.39, 0.29) is 53.6 Å². The second-order valence-corrected chi connectivity index (χ2v) is 21.0. The number of nitrogens with one attached hydrogen (secondary N) is 2. The molecule has 22 heteroatoms. The largest absolute Gasteiger partial charge is 0.508 e. The number of anilines is 3. The molecular formula is C58H65F3N14O5. The summed E-state index contributed by atoms with van der Waals surface area (Å²) < 4.78 is 40.4. The zero-order valence-corrected chi connectivity index (χ0v) is 44.7. The number of benzene rings is 4. The minimum atomic E-state index is -4.65. The van der Waals surface area contributed by atoms with E-state index in [0.717, 1.165) is 86.5 Å². The minimum Gasteiger partial charge on any atom is -0.508 e. The standard InChI is InChI=1S/C58H65F3N14O5/c1-3-51(78)74-30-29-73(35-43(74)15-20-62)53-45-19-24-72(48-10-6-8-41-7-4-5-9-44(41)48)36-47(45)65-57(66-53)63-21-16-52(79)71-22-17-40(18-23-71)34-70-27-25-69(26-28-70)33-39-11-13-42(14-12-39)75-54(46-31-38(2)49(76)32-50(46)77)67-68-55(75)56(80)64-37-58(59,60)61/h3-14,31-32,40,43,76-77H,1,15-19,21-30,33-37H2,2H3,(H,64,80)(H,63,65,66). The van der Waals surface area contributed by atoms with Gasteiger partial charge in [0.2, 0.25) is 23.6 Å². The lowest BCUT2D eigenvalue weighted by Crippen LogP contribution is -2.55. The molecule has 2 aromatic heterocycles. The third-order valence-electron chi connectivity index (χ3n) is 15.8. The molecule has 4 aliphatic rings. The molecule has 6 heterocycles. The maximum Gasteiger partial charge on any atom is 0.405 e. The van der Waals surface area contributed by atoms with Gasteiger partial charge in [-0.25, -0.2) is 4.98 Å². The zero-order valence-electron chi connectivity index (χ0n) is 44.7. The monoisotopic (exact) mass is 1090 g/mol. The number of carbonyl (C=O) groups excluding carboxylic acids is 3. The summed E-state index contributed by atoms with van der Waals surface area (Å²) in [6, 6.07) is 26.5. The summed E-state index contributed by atoms with van der Waals surface area (Å²) in [5.74, 6) is -0.396. The minimum absolute atomic E-state index is 0.00895. The van der Waals surface area contributed by atoms with Crippen LogP contribution >= 0.6 is 0 Å². The lowest BCUT2D eigenvalue weighted by Gasteiger charge is -2.42. The van der Waals surface area contributed by atoms with Crippen LogP contribution < -0.4 is 20.4 Å². The Labute approximate surface area is 461 Å². The number of carbonyl (C=O) groups is 3. The van der Waals surface area contributed by atoms with Crippen molar-refractivity contribution in [3.05, 3.63) is 120 Å². The number of aromatic hydroxyl groups is 2. The van der Waals surface area contributed by atoms with Crippen molar-refractivity contribution in [1.82, 2.24) is 49.6 Å². The molecule has 3 fully saturated rings. The molecule has 4 aliphatic heterocycles. The predicted molar refractivity (Wildman–Crippen MR) is 296 cm³/mol. The van der Waals surface area contributed by atoms with Crippen LogP contribution in [0.4, 0.5) is 30.6 Å². The van der Waals surface area contributed by atoms with Crippen molar-refractivity contribution in [3.63, 3.8) is 0 Å². The highest BCUT2D eigenvalue weighted by molar-refractivity contribution is 5.95. The number of piperazine rings is 2. The summed E-state index contributed by atoms with van der Waals surface area (Å²) in [4.78, 5) is 62.7. The number of alkyl halides is 3. The average molecular weight is 1100 g/mol. The van der Waals surface area contributed by atoms with Crippen molar-refractivity contribution < 1.29 is 37.8 Å². The lowest BCUT2D eigenvalue weighted by atomic mass is 9.95. The fraction of sp³-hybridized carbons (Fsp3) is 0.414. The molecule has 4 aromatic carbocycles. The molecule has 0 saturated carbocycles. The fourth-order valence-corrected chi connectivity index (χ4v) is 11.5. The van der Waals surface area contributed by atoms with E-state index in [1.54, 1.807) is 24.0 Å². The number of amides is 3. The van der Waals surface area contributed by atoms with Crippen molar-refractivity contribution in [3.8, 4) is 34.6 Å². The molecule has 1 atom stereocenters. The highest BCUT2D eigenvalue weighted by Crippen LogP contribution is 2.37. The molecule has 80 heavy (non-hydrogen) atoms. The van der Waals surface area contributed by atoms with Crippen LogP contribution in [0.15, 0.2) is 91.5 Å². The van der Waals surface area contributed by atoms with E-state index in [4.69, 9.17) is 9.97 Å². The van der Waals surface area contributed by atoms with E-state index in [9.17, 15) is 43.0 Å². The van der Waals surface area contributed by atoms with E-state index in [0.29, 0.717) is 81.9 Å². The third-order valence-corrected chi connectivity index (χ3v) is 15.8. The average Bonchev–Trinajstić information content (AvgIpc) is 4.09. The Kier molecular flexibility index (Phi) is 16.5. The Morgan fingerprint density at radius 3 is 2.36 bits per heavy atom. The maximum absolute atomic E-state index is 13.7. The van der Waals surface area contributed by atoms with Gasteiger partial charge < -0.3 is 45.3 Å². The Morgan fingerprint density at radius 2 is 1.61 bits per heavy atom. The van der Waals surface area contributed by atoms with Crippen LogP contribution in [0.25, 0.3) is 27.8 Å². The van der Waals surface area contributed by atoms with Gasteiger partial charge in [0.05, 0.1) is 36.3 Å². The van der Waals surface area contributed by atoms with Crippen molar-refractivity contribution in [2.24, 2.45) is 5.92 Å². The van der Waals surface area contributed by atoms with E-state index < -0.39 is 24.5 Å². The number of piperidine rings is 1. The van der Waals surface area contributed by atoms with Crippen LogP contribution in [-0.2, 0) is 29.1 Å². The number of fused-ring (bicyclic) bond motifs is 2. The number of phenols is 2. The van der Waals surface area contributed by atoms with E-state index in [1.165, 1.54) is 27.5 Å². The number of rotatable bonds is 16. The zero-order chi connectivity index (χ0) is 56.1. The van der Waals surface area contributed by atoms with Crippen LogP contribution in [0.3, 0.4) is 0 Å². The second kappa shape index (κ2) is 24.0. The number of aryl methyl sites for hydroxylation is 1. The maximum atomic E-state index is 13.7. The number of halogens is 3. The Bertz CT molecular complexity index is 3290. The highest BCUT2D eigenvalue weighted by Gasteiger charge is 2.35. The van der Waals surface area contributed by atoms with Crippen molar-refractivity contribution >= 4 is 45.9 Å². The van der Waals surface area contributed by atoms with Crippen LogP contribution in [0, 0.1) is 24.2 Å². The van der Waals surface area contributed by atoms with Crippen LogP contribution in [0.5, 0.6) is 11.5 Å². The van der Waals surface area contributed by atoms with Gasteiger partial charge in [0.15, 0.2) is 5.82 Å². The van der Waals surface area contributed by atoms with Crippen LogP contribution in [0.2, 0.25) is 0 Å². The number of phenolic OH excluding ortho intramolecular Hbond substituents is 2. The molecular weight excluding hydrogens is 1030 g/mol. The molecule has 0 radical (unpaired) electrons. The van der Waals surface area contributed by atoms with E-state index >= 15 is 0 Å². The number of nitriles is 1. The molecule has 10 rings (SSSR count). The number of aromatic nitrogens is 5. The number of nitrogens with zero attached hydrogens (tertiary/aromatic N) is 12. The summed E-state index contributed by atoms with van der Waals surface area (Å²) in [5.41, 5.74) is 5.02. The van der Waals surface area contributed by atoms with E-state index in [1.807, 2.05) is 28.4 Å². The molecule has 3 saturated heterocycles. The Morgan fingerprint density at radius 1 is 0.863 bits per heavy atom. The van der Waals surface area contributed by atoms with Gasteiger partial charge in [0.25, 0.3) is 5.91 Å². The first-order valence-corrected chi connectivity index (χ1v) is 27.2. The molecule has 418 valence electrons. The summed E-state index contributed by atoms with van der Waals surface area (Å²) in [7, 11) is 0. The van der Waals surface area contributed by atoms with Gasteiger partial charge >= 0.3 is 6.18 Å². The Hall–Kier alpha value is -8.29. The normalized spacial score (nSPS) is 17.5. The Balaban J connectivity index is 0.718. The van der Waals surface area contributed by atoms with Gasteiger partial charge in [0.1, 0.15) is 23.9 Å². The molecule has 0 aliphatic carbocycles. The summed E-state index contributed by atoms with van der Waals surface area (Å²) in [6.45, 7) is 13.3. The molecule has 19 nitrogen and oxygen atoms in total. The molecule has 6 aromatic rings. The summed E-state index contributed by atoms with van der Waals surface area (Å²) >= 11 is 0. The summed E-state index contributed by atoms with van der Waals surface area (Å²) in [5, 5.41) is 46.2. The topological polar surface area (TPSA) is 215 Å². The van der Waals surface area contributed by atoms with Crippen molar-refractivity contribution in [2.45, 2.75) is 64.3 Å². The molecule has 3 amide bonds. The lowest BCUT2D eigenvalue weighted by molar-refractivity contribution is -0.132. The van der Waals surface area contributed by atoms with Gasteiger partial charge in [-0.1, -0.05) is 55.1 Å². The van der Waals surface area contributed by atoms with Gasteiger partial charge in [-0.3, -0.25) is 23.9 Å². The number of likely N-dealkylation sites (tertiary alicyclic amines) is 1. The summed E-state index contributed by atoms with van der Waals surface area (Å²) in [6.07, 6.45) is -0.319. The smallest absolute Gasteiger partial charge is 0.405 e. The van der Waals surface area contributed by atoms with Gasteiger partial charge in [-0.05, 0) is 79.0 Å². The molecule has 1 unspecified atom stereocenters. The first kappa shape index (κ1) is 55.0. The van der Waals surface area contributed by atoms with E-state index in [2.05, 4.69) is 84.2 Å².